The summed E-state index contributed by atoms with van der Waals surface area (Å²) >= 11 is 1.35. The Morgan fingerprint density at radius 3 is 2.84 bits per heavy atom. The van der Waals surface area contributed by atoms with Gasteiger partial charge in [-0.2, -0.15) is 0 Å². The summed E-state index contributed by atoms with van der Waals surface area (Å²) in [6.45, 7) is 2.43. The summed E-state index contributed by atoms with van der Waals surface area (Å²) in [5, 5.41) is 10.2. The summed E-state index contributed by atoms with van der Waals surface area (Å²) < 4.78 is 13.6. The van der Waals surface area contributed by atoms with Crippen molar-refractivity contribution in [1.82, 2.24) is 14.5 Å². The molecule has 3 aromatic heterocycles. The van der Waals surface area contributed by atoms with Gasteiger partial charge in [0.25, 0.3) is 5.91 Å². The Bertz CT molecular complexity index is 1360. The average Bonchev–Trinajstić information content (AvgIpc) is 3.48. The summed E-state index contributed by atoms with van der Waals surface area (Å²) in [6.07, 6.45) is 2.20. The van der Waals surface area contributed by atoms with E-state index in [4.69, 9.17) is 9.47 Å². The molecule has 1 aromatic carbocycles. The minimum absolute atomic E-state index is 0.0600. The number of benzene rings is 1. The van der Waals surface area contributed by atoms with Crippen LogP contribution in [0.15, 0.2) is 42.6 Å². The molecule has 1 aliphatic heterocycles. The maximum atomic E-state index is 13.0. The van der Waals surface area contributed by atoms with Gasteiger partial charge < -0.3 is 19.5 Å². The number of hydrogen-bond donors (Lipinski definition) is 1. The minimum atomic E-state index is -1.02. The van der Waals surface area contributed by atoms with Crippen LogP contribution in [0.3, 0.4) is 0 Å². The highest BCUT2D eigenvalue weighted by Crippen LogP contribution is 2.37. The summed E-state index contributed by atoms with van der Waals surface area (Å²) in [4.78, 5) is 31.3. The first-order valence-corrected chi connectivity index (χ1v) is 11.0. The lowest BCUT2D eigenvalue weighted by Crippen LogP contribution is -2.36. The third-order valence-electron chi connectivity index (χ3n) is 5.69. The van der Waals surface area contributed by atoms with E-state index in [1.165, 1.54) is 15.9 Å². The lowest BCUT2D eigenvalue weighted by molar-refractivity contribution is 0.00195. The van der Waals surface area contributed by atoms with E-state index < -0.39 is 6.09 Å². The molecule has 4 aromatic rings. The fourth-order valence-electron chi connectivity index (χ4n) is 4.23. The number of ether oxygens (including phenoxy) is 2. The minimum Gasteiger partial charge on any atom is -0.464 e. The molecule has 0 spiro atoms. The lowest BCUT2D eigenvalue weighted by Gasteiger charge is -2.22. The summed E-state index contributed by atoms with van der Waals surface area (Å²) in [5.74, 6) is 1.11. The number of carbonyl (C=O) groups is 2. The molecule has 32 heavy (non-hydrogen) atoms. The van der Waals surface area contributed by atoms with Crippen LogP contribution in [-0.2, 0) is 4.74 Å². The number of aryl methyl sites for hydroxylation is 1. The predicted molar refractivity (Wildman–Crippen MR) is 121 cm³/mol. The van der Waals surface area contributed by atoms with Crippen molar-refractivity contribution in [2.24, 2.45) is 0 Å². The molecule has 164 valence electrons. The molecule has 1 atom stereocenters. The fraction of sp³-hybridized carbons (Fsp3) is 0.261. The Balaban J connectivity index is 1.47. The average molecular weight is 452 g/mol. The zero-order valence-corrected chi connectivity index (χ0v) is 18.4. The van der Waals surface area contributed by atoms with Crippen molar-refractivity contribution in [1.29, 1.82) is 0 Å². The van der Waals surface area contributed by atoms with Gasteiger partial charge in [0.05, 0.1) is 20.6 Å². The van der Waals surface area contributed by atoms with Crippen molar-refractivity contribution in [2.45, 2.75) is 26.0 Å². The molecule has 1 fully saturated rings. The molecule has 0 bridgehead atoms. The number of methoxy groups -OCH3 is 1. The highest BCUT2D eigenvalue weighted by Gasteiger charge is 2.30. The van der Waals surface area contributed by atoms with Gasteiger partial charge in [0.15, 0.2) is 0 Å². The molecule has 0 saturated carbocycles. The predicted octanol–water partition coefficient (Wildman–Crippen LogP) is 5.09. The molecule has 1 unspecified atom stereocenters. The molecule has 4 heterocycles. The molecule has 1 amide bonds. The van der Waals surface area contributed by atoms with E-state index >= 15 is 0 Å². The zero-order valence-electron chi connectivity index (χ0n) is 17.6. The maximum absolute atomic E-state index is 13.0. The topological polar surface area (TPSA) is 93.9 Å². The number of fused-ring (bicyclic) bond motifs is 2. The van der Waals surface area contributed by atoms with E-state index in [0.717, 1.165) is 22.9 Å². The van der Waals surface area contributed by atoms with Crippen LogP contribution in [0.5, 0.6) is 11.5 Å². The van der Waals surface area contributed by atoms with E-state index in [-0.39, 0.29) is 12.1 Å². The Morgan fingerprint density at radius 2 is 2.06 bits per heavy atom. The Hall–Kier alpha value is -3.43. The number of likely N-dealkylation sites (tertiary alicyclic amines) is 1. The van der Waals surface area contributed by atoms with E-state index in [9.17, 15) is 14.7 Å². The number of carbonyl (C=O) groups excluding carboxylic acids is 1. The van der Waals surface area contributed by atoms with Crippen LogP contribution >= 0.6 is 11.3 Å². The lowest BCUT2D eigenvalue weighted by atomic mass is 10.2. The molecule has 8 nitrogen and oxygen atoms in total. The number of hydrogen-bond acceptors (Lipinski definition) is 6. The van der Waals surface area contributed by atoms with Gasteiger partial charge in [0.1, 0.15) is 17.7 Å². The molecule has 1 N–H and O–H groups in total. The van der Waals surface area contributed by atoms with E-state index in [2.05, 4.69) is 4.98 Å². The zero-order chi connectivity index (χ0) is 22.4. The van der Waals surface area contributed by atoms with Gasteiger partial charge in [0.2, 0.25) is 0 Å². The quantitative estimate of drug-likeness (QED) is 0.465. The summed E-state index contributed by atoms with van der Waals surface area (Å²) in [7, 11) is 1.62. The van der Waals surface area contributed by atoms with E-state index in [1.54, 1.807) is 55.5 Å². The highest BCUT2D eigenvalue weighted by molar-refractivity contribution is 7.21. The molecule has 5 rings (SSSR count). The smallest absolute Gasteiger partial charge is 0.416 e. The van der Waals surface area contributed by atoms with Crippen molar-refractivity contribution in [2.75, 3.05) is 13.7 Å². The van der Waals surface area contributed by atoms with Gasteiger partial charge in [-0.15, -0.1) is 11.3 Å². The first-order valence-electron chi connectivity index (χ1n) is 10.2. The largest absolute Gasteiger partial charge is 0.464 e. The number of nitrogens with zero attached hydrogens (tertiary/aromatic N) is 3. The first-order chi connectivity index (χ1) is 15.5. The van der Waals surface area contributed by atoms with Crippen molar-refractivity contribution in [3.8, 4) is 11.5 Å². The van der Waals surface area contributed by atoms with Crippen LogP contribution in [0.1, 0.15) is 28.2 Å². The van der Waals surface area contributed by atoms with Crippen molar-refractivity contribution < 1.29 is 24.2 Å². The van der Waals surface area contributed by atoms with Crippen LogP contribution < -0.4 is 4.74 Å². The third kappa shape index (κ3) is 3.39. The first kappa shape index (κ1) is 20.5. The van der Waals surface area contributed by atoms with E-state index in [0.29, 0.717) is 39.6 Å². The number of thiophene rings is 1. The van der Waals surface area contributed by atoms with Crippen LogP contribution in [-0.4, -0.2) is 51.4 Å². The van der Waals surface area contributed by atoms with Crippen LogP contribution in [0, 0.1) is 6.92 Å². The maximum Gasteiger partial charge on any atom is 0.416 e. The van der Waals surface area contributed by atoms with Crippen LogP contribution in [0.25, 0.3) is 21.1 Å². The highest BCUT2D eigenvalue weighted by atomic mass is 32.1. The molecule has 1 saturated heterocycles. The van der Waals surface area contributed by atoms with Gasteiger partial charge in [-0.25, -0.2) is 4.79 Å². The normalized spacial score (nSPS) is 16.2. The third-order valence-corrected chi connectivity index (χ3v) is 6.82. The summed E-state index contributed by atoms with van der Waals surface area (Å²) in [5.41, 5.74) is 1.93. The summed E-state index contributed by atoms with van der Waals surface area (Å²) in [6, 6.07) is 10.6. The van der Waals surface area contributed by atoms with Crippen molar-refractivity contribution in [3.63, 3.8) is 0 Å². The second-order valence-corrected chi connectivity index (χ2v) is 8.74. The molecule has 9 heteroatoms. The molecule has 0 radical (unpaired) electrons. The van der Waals surface area contributed by atoms with Crippen LogP contribution in [0.2, 0.25) is 0 Å². The SMILES string of the molecule is COC1CCCN1C(=O)c1cc2nccc(Oc3ccc4c(c3)cc(C)n4C(=O)O)c2s1. The second kappa shape index (κ2) is 7.92. The van der Waals surface area contributed by atoms with Gasteiger partial charge in [0, 0.05) is 37.0 Å². The standard InChI is InChI=1S/C23H21N3O5S/c1-13-10-14-11-15(5-6-17(14)26(13)23(28)29)31-18-7-8-24-16-12-19(32-21(16)18)22(27)25-9-3-4-20(25)30-2/h5-8,10-12,20H,3-4,9H2,1-2H3,(H,28,29). The molecular formula is C23H21N3O5S. The molecular weight excluding hydrogens is 430 g/mol. The monoisotopic (exact) mass is 451 g/mol. The number of amides is 1. The van der Waals surface area contributed by atoms with Gasteiger partial charge >= 0.3 is 6.09 Å². The van der Waals surface area contributed by atoms with Crippen LogP contribution in [0.4, 0.5) is 4.79 Å². The number of aromatic nitrogens is 2. The fourth-order valence-corrected chi connectivity index (χ4v) is 5.25. The Labute approximate surface area is 187 Å². The number of carboxylic acid groups (broad SMARTS) is 1. The molecule has 1 aliphatic rings. The number of pyridine rings is 1. The van der Waals surface area contributed by atoms with Gasteiger partial charge in [-0.05, 0) is 50.1 Å². The van der Waals surface area contributed by atoms with Crippen molar-refractivity contribution in [3.05, 3.63) is 53.2 Å². The second-order valence-electron chi connectivity index (χ2n) is 7.69. The van der Waals surface area contributed by atoms with E-state index in [1.807, 2.05) is 6.07 Å². The number of rotatable bonds is 4. The van der Waals surface area contributed by atoms with Gasteiger partial charge in [-0.1, -0.05) is 0 Å². The van der Waals surface area contributed by atoms with Gasteiger partial charge in [-0.3, -0.25) is 14.3 Å². The Kier molecular flexibility index (Phi) is 5.07. The Morgan fingerprint density at radius 1 is 1.22 bits per heavy atom. The van der Waals surface area contributed by atoms with Crippen molar-refractivity contribution >= 4 is 44.5 Å². The molecule has 0 aliphatic carbocycles.